The summed E-state index contributed by atoms with van der Waals surface area (Å²) >= 11 is 0. The lowest BCUT2D eigenvalue weighted by atomic mass is 10.0. The van der Waals surface area contributed by atoms with E-state index in [-0.39, 0.29) is 6.61 Å². The van der Waals surface area contributed by atoms with E-state index >= 15 is 0 Å². The molecular formula is C14H22N2O3. The molecule has 0 aromatic heterocycles. The number of nitrogens with two attached hydrogens (primary N) is 1. The van der Waals surface area contributed by atoms with Crippen molar-refractivity contribution in [3.63, 3.8) is 0 Å². The first-order valence-corrected chi connectivity index (χ1v) is 6.42. The van der Waals surface area contributed by atoms with Gasteiger partial charge in [-0.3, -0.25) is 4.79 Å². The summed E-state index contributed by atoms with van der Waals surface area (Å²) in [6.07, 6.45) is 0. The number of carbonyl (C=O) groups is 1. The van der Waals surface area contributed by atoms with Gasteiger partial charge in [-0.1, -0.05) is 6.92 Å². The molecule has 0 aliphatic rings. The highest BCUT2D eigenvalue weighted by Crippen LogP contribution is 2.18. The number of likely N-dealkylation sites (N-methyl/N-ethyl adjacent to an activating group) is 1. The molecule has 0 spiro atoms. The first-order valence-electron chi connectivity index (χ1n) is 6.42. The fourth-order valence-electron chi connectivity index (χ4n) is 1.63. The van der Waals surface area contributed by atoms with Crippen LogP contribution in [0.4, 0.5) is 0 Å². The van der Waals surface area contributed by atoms with Gasteiger partial charge >= 0.3 is 0 Å². The predicted molar refractivity (Wildman–Crippen MR) is 74.4 cm³/mol. The summed E-state index contributed by atoms with van der Waals surface area (Å²) in [5.74, 6) is 1.04. The SMILES string of the molecule is CCNC(C)(COc1ccc(OCC)cc1)C(N)=O. The van der Waals surface area contributed by atoms with Crippen molar-refractivity contribution in [3.05, 3.63) is 24.3 Å². The van der Waals surface area contributed by atoms with Crippen LogP contribution >= 0.6 is 0 Å². The number of carbonyl (C=O) groups excluding carboxylic acids is 1. The van der Waals surface area contributed by atoms with E-state index in [0.29, 0.717) is 18.9 Å². The third-order valence-corrected chi connectivity index (χ3v) is 2.77. The van der Waals surface area contributed by atoms with E-state index in [1.807, 2.05) is 26.0 Å². The molecule has 1 aromatic carbocycles. The smallest absolute Gasteiger partial charge is 0.240 e. The molecule has 0 heterocycles. The number of benzene rings is 1. The van der Waals surface area contributed by atoms with Crippen LogP contribution in [-0.4, -0.2) is 31.2 Å². The molecule has 19 heavy (non-hydrogen) atoms. The van der Waals surface area contributed by atoms with Crippen molar-refractivity contribution in [1.82, 2.24) is 5.32 Å². The van der Waals surface area contributed by atoms with Crippen LogP contribution in [0.3, 0.4) is 0 Å². The number of hydrogen-bond donors (Lipinski definition) is 2. The molecule has 1 amide bonds. The molecule has 5 heteroatoms. The van der Waals surface area contributed by atoms with E-state index < -0.39 is 11.4 Å². The van der Waals surface area contributed by atoms with Crippen molar-refractivity contribution in [2.24, 2.45) is 5.73 Å². The molecule has 1 aromatic rings. The molecule has 0 saturated heterocycles. The van der Waals surface area contributed by atoms with E-state index in [0.717, 1.165) is 5.75 Å². The highest BCUT2D eigenvalue weighted by atomic mass is 16.5. The molecule has 5 nitrogen and oxygen atoms in total. The quantitative estimate of drug-likeness (QED) is 0.744. The Morgan fingerprint density at radius 3 is 2.16 bits per heavy atom. The second-order valence-electron chi connectivity index (χ2n) is 4.42. The van der Waals surface area contributed by atoms with E-state index in [9.17, 15) is 4.79 Å². The minimum Gasteiger partial charge on any atom is -0.494 e. The van der Waals surface area contributed by atoms with Gasteiger partial charge in [0, 0.05) is 0 Å². The summed E-state index contributed by atoms with van der Waals surface area (Å²) in [5.41, 5.74) is 4.52. The number of rotatable bonds is 8. The number of nitrogens with one attached hydrogen (secondary N) is 1. The molecule has 0 aliphatic carbocycles. The summed E-state index contributed by atoms with van der Waals surface area (Å²) in [6, 6.07) is 7.26. The standard InChI is InChI=1S/C14H22N2O3/c1-4-16-14(3,13(15)17)10-19-12-8-6-11(7-9-12)18-5-2/h6-9,16H,4-5,10H2,1-3H3,(H2,15,17). The van der Waals surface area contributed by atoms with Crippen LogP contribution in [0.15, 0.2) is 24.3 Å². The maximum Gasteiger partial charge on any atom is 0.240 e. The highest BCUT2D eigenvalue weighted by molar-refractivity contribution is 5.84. The third-order valence-electron chi connectivity index (χ3n) is 2.77. The summed E-state index contributed by atoms with van der Waals surface area (Å²) in [5, 5.41) is 3.04. The Kier molecular flexibility index (Phi) is 5.63. The Morgan fingerprint density at radius 1 is 1.21 bits per heavy atom. The highest BCUT2D eigenvalue weighted by Gasteiger charge is 2.30. The van der Waals surface area contributed by atoms with Crippen LogP contribution in [0, 0.1) is 0 Å². The Labute approximate surface area is 114 Å². The largest absolute Gasteiger partial charge is 0.494 e. The van der Waals surface area contributed by atoms with Crippen molar-refractivity contribution in [2.45, 2.75) is 26.3 Å². The van der Waals surface area contributed by atoms with Crippen molar-refractivity contribution < 1.29 is 14.3 Å². The molecule has 3 N–H and O–H groups in total. The van der Waals surface area contributed by atoms with E-state index in [4.69, 9.17) is 15.2 Å². The Bertz CT molecular complexity index is 406. The zero-order valence-corrected chi connectivity index (χ0v) is 11.7. The van der Waals surface area contributed by atoms with Gasteiger partial charge in [0.1, 0.15) is 23.6 Å². The van der Waals surface area contributed by atoms with Crippen molar-refractivity contribution in [1.29, 1.82) is 0 Å². The molecule has 1 unspecified atom stereocenters. The number of primary amides is 1. The van der Waals surface area contributed by atoms with Gasteiger partial charge in [0.15, 0.2) is 0 Å². The van der Waals surface area contributed by atoms with Crippen LogP contribution in [0.25, 0.3) is 0 Å². The van der Waals surface area contributed by atoms with Gasteiger partial charge in [-0.2, -0.15) is 0 Å². The van der Waals surface area contributed by atoms with Crippen molar-refractivity contribution in [3.8, 4) is 11.5 Å². The van der Waals surface area contributed by atoms with Gasteiger partial charge < -0.3 is 20.5 Å². The van der Waals surface area contributed by atoms with Crippen LogP contribution in [-0.2, 0) is 4.79 Å². The summed E-state index contributed by atoms with van der Waals surface area (Å²) < 4.78 is 10.9. The monoisotopic (exact) mass is 266 g/mol. The van der Waals surface area contributed by atoms with Gasteiger partial charge in [-0.15, -0.1) is 0 Å². The first-order chi connectivity index (χ1) is 9.01. The van der Waals surface area contributed by atoms with Gasteiger partial charge in [-0.05, 0) is 44.7 Å². The van der Waals surface area contributed by atoms with E-state index in [1.54, 1.807) is 19.1 Å². The van der Waals surface area contributed by atoms with E-state index in [2.05, 4.69) is 5.32 Å². The molecular weight excluding hydrogens is 244 g/mol. The topological polar surface area (TPSA) is 73.6 Å². The van der Waals surface area contributed by atoms with Crippen molar-refractivity contribution >= 4 is 5.91 Å². The lowest BCUT2D eigenvalue weighted by Gasteiger charge is -2.26. The van der Waals surface area contributed by atoms with Gasteiger partial charge in [0.05, 0.1) is 6.61 Å². The molecule has 0 radical (unpaired) electrons. The molecule has 0 bridgehead atoms. The molecule has 106 valence electrons. The number of hydrogen-bond acceptors (Lipinski definition) is 4. The zero-order valence-electron chi connectivity index (χ0n) is 11.7. The maximum atomic E-state index is 11.4. The normalized spacial score (nSPS) is 13.6. The fraction of sp³-hybridized carbons (Fsp3) is 0.500. The third kappa shape index (κ3) is 4.44. The zero-order chi connectivity index (χ0) is 14.3. The fourth-order valence-corrected chi connectivity index (χ4v) is 1.63. The molecule has 0 saturated carbocycles. The van der Waals surface area contributed by atoms with Crippen molar-refractivity contribution in [2.75, 3.05) is 19.8 Å². The molecule has 1 atom stereocenters. The van der Waals surface area contributed by atoms with E-state index in [1.165, 1.54) is 0 Å². The minimum absolute atomic E-state index is 0.185. The molecule has 1 rings (SSSR count). The Balaban J connectivity index is 2.61. The van der Waals surface area contributed by atoms with Crippen LogP contribution in [0.5, 0.6) is 11.5 Å². The molecule has 0 aliphatic heterocycles. The summed E-state index contributed by atoms with van der Waals surface area (Å²) in [6.45, 7) is 7.03. The predicted octanol–water partition coefficient (Wildman–Crippen LogP) is 1.32. The van der Waals surface area contributed by atoms with Crippen LogP contribution in [0.2, 0.25) is 0 Å². The summed E-state index contributed by atoms with van der Waals surface area (Å²) in [7, 11) is 0. The average Bonchev–Trinajstić information content (AvgIpc) is 2.38. The van der Waals surface area contributed by atoms with Crippen LogP contribution in [0.1, 0.15) is 20.8 Å². The minimum atomic E-state index is -0.868. The molecule has 0 fully saturated rings. The first kappa shape index (κ1) is 15.3. The number of ether oxygens (including phenoxy) is 2. The van der Waals surface area contributed by atoms with Gasteiger partial charge in [0.2, 0.25) is 5.91 Å². The lowest BCUT2D eigenvalue weighted by Crippen LogP contribution is -2.57. The van der Waals surface area contributed by atoms with Crippen LogP contribution < -0.4 is 20.5 Å². The Hall–Kier alpha value is -1.75. The second kappa shape index (κ2) is 6.99. The second-order valence-corrected chi connectivity index (χ2v) is 4.42. The lowest BCUT2D eigenvalue weighted by molar-refractivity contribution is -0.124. The summed E-state index contributed by atoms with van der Waals surface area (Å²) in [4.78, 5) is 11.4. The van der Waals surface area contributed by atoms with Gasteiger partial charge in [-0.25, -0.2) is 0 Å². The maximum absolute atomic E-state index is 11.4. The van der Waals surface area contributed by atoms with Gasteiger partial charge in [0.25, 0.3) is 0 Å². The number of amides is 1. The Morgan fingerprint density at radius 2 is 1.74 bits per heavy atom. The average molecular weight is 266 g/mol.